The van der Waals surface area contributed by atoms with Crippen molar-refractivity contribution in [3.8, 4) is 11.5 Å². The molecule has 3 rings (SSSR count). The molecular weight excluding hydrogens is 483 g/mol. The number of nitrogens with one attached hydrogen (secondary N) is 2. The van der Waals surface area contributed by atoms with E-state index in [-0.39, 0.29) is 35.9 Å². The van der Waals surface area contributed by atoms with E-state index in [0.717, 1.165) is 18.5 Å². The predicted octanol–water partition coefficient (Wildman–Crippen LogP) is 2.41. The molecular formula is C18H26ClIN4O3. The molecule has 0 saturated carbocycles. The molecule has 7 nitrogen and oxygen atoms in total. The van der Waals surface area contributed by atoms with Crippen molar-refractivity contribution in [2.45, 2.75) is 32.4 Å². The lowest BCUT2D eigenvalue weighted by atomic mass is 10.2. The van der Waals surface area contributed by atoms with Crippen molar-refractivity contribution in [3.05, 3.63) is 22.7 Å². The van der Waals surface area contributed by atoms with E-state index in [1.807, 2.05) is 24.0 Å². The van der Waals surface area contributed by atoms with Gasteiger partial charge in [-0.05, 0) is 24.1 Å². The van der Waals surface area contributed by atoms with Gasteiger partial charge in [-0.25, -0.2) is 0 Å². The minimum Gasteiger partial charge on any atom is -0.486 e. The topological polar surface area (TPSA) is 75.2 Å². The van der Waals surface area contributed by atoms with Gasteiger partial charge in [0.05, 0.1) is 5.02 Å². The molecule has 1 amide bonds. The molecule has 2 aliphatic heterocycles. The van der Waals surface area contributed by atoms with Crippen molar-refractivity contribution in [1.82, 2.24) is 15.5 Å². The van der Waals surface area contributed by atoms with Crippen LogP contribution in [0.15, 0.2) is 17.1 Å². The summed E-state index contributed by atoms with van der Waals surface area (Å²) in [6, 6.07) is 4.00. The minimum atomic E-state index is 0. The summed E-state index contributed by atoms with van der Waals surface area (Å²) in [7, 11) is 1.73. The van der Waals surface area contributed by atoms with Crippen LogP contribution in [0.1, 0.15) is 25.3 Å². The maximum Gasteiger partial charge on any atom is 0.222 e. The number of aliphatic imine (C=N–C) groups is 1. The molecule has 150 valence electrons. The SMILES string of the molecule is CCC(=O)N1CCC(NC(=NC)NCc2cc(Cl)c3c(c2)OCCO3)C1.I. The summed E-state index contributed by atoms with van der Waals surface area (Å²) in [5.74, 6) is 2.18. The number of nitrogens with zero attached hydrogens (tertiary/aromatic N) is 2. The van der Waals surface area contributed by atoms with Gasteiger partial charge in [0.15, 0.2) is 17.5 Å². The lowest BCUT2D eigenvalue weighted by molar-refractivity contribution is -0.129. The van der Waals surface area contributed by atoms with Gasteiger partial charge in [-0.1, -0.05) is 18.5 Å². The quantitative estimate of drug-likeness (QED) is 0.371. The van der Waals surface area contributed by atoms with Gasteiger partial charge in [0.2, 0.25) is 5.91 Å². The Balaban J connectivity index is 0.00000261. The summed E-state index contributed by atoms with van der Waals surface area (Å²) in [5.41, 5.74) is 0.983. The highest BCUT2D eigenvalue weighted by Crippen LogP contribution is 2.38. The van der Waals surface area contributed by atoms with Gasteiger partial charge in [0, 0.05) is 39.1 Å². The highest BCUT2D eigenvalue weighted by atomic mass is 127. The fourth-order valence-electron chi connectivity index (χ4n) is 3.17. The second kappa shape index (κ2) is 10.2. The number of amides is 1. The van der Waals surface area contributed by atoms with Crippen LogP contribution in [0.2, 0.25) is 5.02 Å². The summed E-state index contributed by atoms with van der Waals surface area (Å²) >= 11 is 6.28. The van der Waals surface area contributed by atoms with E-state index < -0.39 is 0 Å². The fraction of sp³-hybridized carbons (Fsp3) is 0.556. The number of fused-ring (bicyclic) bond motifs is 1. The Kier molecular flexibility index (Phi) is 8.28. The number of ether oxygens (including phenoxy) is 2. The average Bonchev–Trinajstić information content (AvgIpc) is 3.13. The summed E-state index contributed by atoms with van der Waals surface area (Å²) in [6.45, 7) is 4.99. The molecule has 0 bridgehead atoms. The summed E-state index contributed by atoms with van der Waals surface area (Å²) in [4.78, 5) is 18.0. The zero-order chi connectivity index (χ0) is 18.5. The Bertz CT molecular complexity index is 701. The van der Waals surface area contributed by atoms with E-state index in [1.54, 1.807) is 7.05 Å². The van der Waals surface area contributed by atoms with Crippen molar-refractivity contribution in [2.24, 2.45) is 4.99 Å². The third-order valence-corrected chi connectivity index (χ3v) is 4.81. The van der Waals surface area contributed by atoms with Crippen LogP contribution in [0.25, 0.3) is 0 Å². The molecule has 0 aliphatic carbocycles. The molecule has 27 heavy (non-hydrogen) atoms. The molecule has 0 aromatic heterocycles. The summed E-state index contributed by atoms with van der Waals surface area (Å²) < 4.78 is 11.1. The molecule has 1 fully saturated rings. The standard InChI is InChI=1S/C18H25ClN4O3.HI/c1-3-16(24)23-5-4-13(11-23)22-18(20-2)21-10-12-8-14(19)17-15(9-12)25-6-7-26-17;/h8-9,13H,3-7,10-11H2,1-2H3,(H2,20,21,22);1H. The van der Waals surface area contributed by atoms with Crippen LogP contribution < -0.4 is 20.1 Å². The van der Waals surface area contributed by atoms with Crippen LogP contribution in [0, 0.1) is 0 Å². The van der Waals surface area contributed by atoms with Gasteiger partial charge in [-0.2, -0.15) is 0 Å². The molecule has 9 heteroatoms. The van der Waals surface area contributed by atoms with Crippen molar-refractivity contribution >= 4 is 47.4 Å². The first-order valence-corrected chi connectivity index (χ1v) is 9.31. The monoisotopic (exact) mass is 508 g/mol. The van der Waals surface area contributed by atoms with Gasteiger partial charge >= 0.3 is 0 Å². The number of carbonyl (C=O) groups is 1. The molecule has 2 N–H and O–H groups in total. The largest absolute Gasteiger partial charge is 0.486 e. The van der Waals surface area contributed by atoms with E-state index >= 15 is 0 Å². The second-order valence-corrected chi connectivity index (χ2v) is 6.76. The molecule has 1 atom stereocenters. The Labute approximate surface area is 181 Å². The number of hydrogen-bond acceptors (Lipinski definition) is 4. The van der Waals surface area contributed by atoms with Gasteiger partial charge in [-0.3, -0.25) is 9.79 Å². The van der Waals surface area contributed by atoms with Crippen LogP contribution in [-0.2, 0) is 11.3 Å². The Morgan fingerprint density at radius 1 is 1.37 bits per heavy atom. The molecule has 2 aliphatic rings. The number of hydrogen-bond donors (Lipinski definition) is 2. The van der Waals surface area contributed by atoms with Crippen molar-refractivity contribution in [1.29, 1.82) is 0 Å². The van der Waals surface area contributed by atoms with Crippen LogP contribution in [0.4, 0.5) is 0 Å². The van der Waals surface area contributed by atoms with E-state index in [1.165, 1.54) is 0 Å². The second-order valence-electron chi connectivity index (χ2n) is 6.35. The molecule has 0 spiro atoms. The highest BCUT2D eigenvalue weighted by molar-refractivity contribution is 14.0. The van der Waals surface area contributed by atoms with Gasteiger partial charge in [0.1, 0.15) is 13.2 Å². The number of carbonyl (C=O) groups excluding carboxylic acids is 1. The van der Waals surface area contributed by atoms with Crippen molar-refractivity contribution in [2.75, 3.05) is 33.4 Å². The summed E-state index contributed by atoms with van der Waals surface area (Å²) in [6.07, 6.45) is 1.47. The van der Waals surface area contributed by atoms with Crippen molar-refractivity contribution in [3.63, 3.8) is 0 Å². The molecule has 1 aromatic carbocycles. The van der Waals surface area contributed by atoms with Crippen LogP contribution in [0.3, 0.4) is 0 Å². The van der Waals surface area contributed by atoms with Gasteiger partial charge < -0.3 is 25.0 Å². The van der Waals surface area contributed by atoms with Gasteiger partial charge in [0.25, 0.3) is 0 Å². The molecule has 1 unspecified atom stereocenters. The number of halogens is 2. The van der Waals surface area contributed by atoms with E-state index in [4.69, 9.17) is 21.1 Å². The number of likely N-dealkylation sites (tertiary alicyclic amines) is 1. The first-order chi connectivity index (χ1) is 12.6. The molecule has 0 radical (unpaired) electrons. The first kappa shape index (κ1) is 21.9. The lowest BCUT2D eigenvalue weighted by Gasteiger charge is -2.21. The molecule has 1 aromatic rings. The third-order valence-electron chi connectivity index (χ3n) is 4.52. The summed E-state index contributed by atoms with van der Waals surface area (Å²) in [5, 5.41) is 7.21. The minimum absolute atomic E-state index is 0. The van der Waals surface area contributed by atoms with E-state index in [0.29, 0.717) is 55.2 Å². The number of guanidine groups is 1. The van der Waals surface area contributed by atoms with Crippen LogP contribution in [-0.4, -0.2) is 56.2 Å². The normalized spacial score (nSPS) is 18.7. The van der Waals surface area contributed by atoms with Crippen LogP contribution >= 0.6 is 35.6 Å². The zero-order valence-electron chi connectivity index (χ0n) is 15.6. The van der Waals surface area contributed by atoms with Gasteiger partial charge in [-0.15, -0.1) is 24.0 Å². The Hall–Kier alpha value is -1.42. The van der Waals surface area contributed by atoms with E-state index in [9.17, 15) is 4.79 Å². The first-order valence-electron chi connectivity index (χ1n) is 8.93. The smallest absolute Gasteiger partial charge is 0.222 e. The number of benzene rings is 1. The maximum atomic E-state index is 11.8. The fourth-order valence-corrected chi connectivity index (χ4v) is 3.46. The van der Waals surface area contributed by atoms with E-state index in [2.05, 4.69) is 15.6 Å². The predicted molar refractivity (Wildman–Crippen MR) is 116 cm³/mol. The van der Waals surface area contributed by atoms with Crippen LogP contribution in [0.5, 0.6) is 11.5 Å². The Morgan fingerprint density at radius 2 is 2.15 bits per heavy atom. The molecule has 1 saturated heterocycles. The third kappa shape index (κ3) is 5.54. The van der Waals surface area contributed by atoms with Crippen molar-refractivity contribution < 1.29 is 14.3 Å². The number of rotatable bonds is 4. The average molecular weight is 509 g/mol. The Morgan fingerprint density at radius 3 is 2.89 bits per heavy atom. The highest BCUT2D eigenvalue weighted by Gasteiger charge is 2.25. The molecule has 2 heterocycles. The lowest BCUT2D eigenvalue weighted by Crippen LogP contribution is -2.44. The zero-order valence-corrected chi connectivity index (χ0v) is 18.7. The maximum absolute atomic E-state index is 11.8.